The number of hydrogen-bond donors (Lipinski definition) is 2. The van der Waals surface area contributed by atoms with Gasteiger partial charge >= 0.3 is 0 Å². The van der Waals surface area contributed by atoms with Gasteiger partial charge < -0.3 is 5.73 Å². The van der Waals surface area contributed by atoms with Crippen molar-refractivity contribution < 1.29 is 0 Å². The lowest BCUT2D eigenvalue weighted by atomic mass is 9.77. The molecule has 3 N–H and O–H groups in total. The minimum Gasteiger partial charge on any atom is -0.384 e. The Morgan fingerprint density at radius 3 is 2.29 bits per heavy atom. The zero-order valence-corrected chi connectivity index (χ0v) is 13.4. The maximum atomic E-state index is 7.45. The van der Waals surface area contributed by atoms with Crippen molar-refractivity contribution in [1.82, 2.24) is 0 Å². The second-order valence-corrected chi connectivity index (χ2v) is 6.60. The number of amidine groups is 1. The summed E-state index contributed by atoms with van der Waals surface area (Å²) in [4.78, 5) is 0. The SMILES string of the molecule is CCCCCCC1CCC(c2ccc(C(=N)N)cc2)CC1. The van der Waals surface area contributed by atoms with E-state index in [0.717, 1.165) is 17.4 Å². The van der Waals surface area contributed by atoms with Crippen LogP contribution < -0.4 is 5.73 Å². The highest BCUT2D eigenvalue weighted by atomic mass is 14.7. The Kier molecular flexibility index (Phi) is 6.28. The van der Waals surface area contributed by atoms with Crippen molar-refractivity contribution in [2.45, 2.75) is 70.6 Å². The van der Waals surface area contributed by atoms with E-state index in [1.54, 1.807) is 0 Å². The summed E-state index contributed by atoms with van der Waals surface area (Å²) >= 11 is 0. The van der Waals surface area contributed by atoms with Crippen LogP contribution in [0.15, 0.2) is 24.3 Å². The number of hydrogen-bond acceptors (Lipinski definition) is 1. The van der Waals surface area contributed by atoms with Crippen molar-refractivity contribution in [2.24, 2.45) is 11.7 Å². The molecule has 0 heterocycles. The molecule has 21 heavy (non-hydrogen) atoms. The Labute approximate surface area is 129 Å². The van der Waals surface area contributed by atoms with Crippen molar-refractivity contribution in [3.8, 4) is 0 Å². The molecule has 0 saturated heterocycles. The quantitative estimate of drug-likeness (QED) is 0.403. The van der Waals surface area contributed by atoms with Gasteiger partial charge in [0.25, 0.3) is 0 Å². The molecule has 0 aliphatic heterocycles. The summed E-state index contributed by atoms with van der Waals surface area (Å²) in [6, 6.07) is 8.33. The maximum absolute atomic E-state index is 7.45. The molecule has 0 atom stereocenters. The Morgan fingerprint density at radius 2 is 1.71 bits per heavy atom. The fourth-order valence-electron chi connectivity index (χ4n) is 3.58. The highest BCUT2D eigenvalue weighted by molar-refractivity contribution is 5.94. The number of benzene rings is 1. The molecule has 1 fully saturated rings. The predicted molar refractivity (Wildman–Crippen MR) is 90.9 cm³/mol. The molecular formula is C19H30N2. The molecule has 0 unspecified atom stereocenters. The summed E-state index contributed by atoms with van der Waals surface area (Å²) in [5.41, 5.74) is 7.78. The molecule has 2 heteroatoms. The summed E-state index contributed by atoms with van der Waals surface area (Å²) in [5, 5.41) is 7.45. The fraction of sp³-hybridized carbons (Fsp3) is 0.632. The number of unbranched alkanes of at least 4 members (excludes halogenated alkanes) is 3. The highest BCUT2D eigenvalue weighted by Crippen LogP contribution is 2.37. The zero-order valence-electron chi connectivity index (χ0n) is 13.4. The van der Waals surface area contributed by atoms with Crippen LogP contribution in [0, 0.1) is 11.3 Å². The van der Waals surface area contributed by atoms with Gasteiger partial charge in [0.15, 0.2) is 0 Å². The smallest absolute Gasteiger partial charge is 0.122 e. The molecule has 0 aromatic heterocycles. The molecule has 0 bridgehead atoms. The molecule has 0 amide bonds. The monoisotopic (exact) mass is 286 g/mol. The van der Waals surface area contributed by atoms with E-state index < -0.39 is 0 Å². The van der Waals surface area contributed by atoms with Crippen LogP contribution in [0.2, 0.25) is 0 Å². The van der Waals surface area contributed by atoms with E-state index in [-0.39, 0.29) is 5.84 Å². The van der Waals surface area contributed by atoms with Crippen LogP contribution in [0.3, 0.4) is 0 Å². The van der Waals surface area contributed by atoms with Crippen molar-refractivity contribution in [3.05, 3.63) is 35.4 Å². The third-order valence-corrected chi connectivity index (χ3v) is 5.01. The topological polar surface area (TPSA) is 49.9 Å². The van der Waals surface area contributed by atoms with Crippen molar-refractivity contribution >= 4 is 5.84 Å². The number of nitrogen functional groups attached to an aromatic ring is 1. The highest BCUT2D eigenvalue weighted by Gasteiger charge is 2.21. The zero-order chi connectivity index (χ0) is 15.1. The van der Waals surface area contributed by atoms with Gasteiger partial charge in [0.2, 0.25) is 0 Å². The normalized spacial score (nSPS) is 22.1. The minimum absolute atomic E-state index is 0.164. The predicted octanol–water partition coefficient (Wildman–Crippen LogP) is 5.21. The van der Waals surface area contributed by atoms with E-state index >= 15 is 0 Å². The summed E-state index contributed by atoms with van der Waals surface area (Å²) in [6.45, 7) is 2.28. The molecular weight excluding hydrogens is 256 g/mol. The summed E-state index contributed by atoms with van der Waals surface area (Å²) in [5.74, 6) is 1.85. The summed E-state index contributed by atoms with van der Waals surface area (Å²) in [6.07, 6.45) is 12.5. The van der Waals surface area contributed by atoms with Gasteiger partial charge in [-0.25, -0.2) is 0 Å². The van der Waals surface area contributed by atoms with E-state index in [2.05, 4.69) is 19.1 Å². The first-order valence-corrected chi connectivity index (χ1v) is 8.65. The molecule has 1 aromatic rings. The van der Waals surface area contributed by atoms with Gasteiger partial charge in [0, 0.05) is 5.56 Å². The third kappa shape index (κ3) is 4.87. The Balaban J connectivity index is 1.76. The fourth-order valence-corrected chi connectivity index (χ4v) is 3.58. The van der Waals surface area contributed by atoms with E-state index in [9.17, 15) is 0 Å². The lowest BCUT2D eigenvalue weighted by molar-refractivity contribution is 0.302. The van der Waals surface area contributed by atoms with Crippen LogP contribution in [0.1, 0.15) is 81.8 Å². The van der Waals surface area contributed by atoms with E-state index in [0.29, 0.717) is 0 Å². The molecule has 116 valence electrons. The van der Waals surface area contributed by atoms with Crippen LogP contribution in [0.5, 0.6) is 0 Å². The van der Waals surface area contributed by atoms with Gasteiger partial charge in [-0.1, -0.05) is 63.3 Å². The molecule has 1 saturated carbocycles. The molecule has 1 aliphatic rings. The van der Waals surface area contributed by atoms with Crippen LogP contribution in [0.25, 0.3) is 0 Å². The lowest BCUT2D eigenvalue weighted by Gasteiger charge is -2.29. The van der Waals surface area contributed by atoms with Gasteiger partial charge in [-0.15, -0.1) is 0 Å². The van der Waals surface area contributed by atoms with Gasteiger partial charge in [-0.3, -0.25) is 5.41 Å². The number of nitrogens with two attached hydrogens (primary N) is 1. The second kappa shape index (κ2) is 8.21. The van der Waals surface area contributed by atoms with Crippen LogP contribution in [-0.2, 0) is 0 Å². The van der Waals surface area contributed by atoms with E-state index in [4.69, 9.17) is 11.1 Å². The first-order chi connectivity index (χ1) is 10.2. The molecule has 1 aliphatic carbocycles. The first kappa shape index (κ1) is 16.1. The number of nitrogens with one attached hydrogen (secondary N) is 1. The minimum atomic E-state index is 0.164. The van der Waals surface area contributed by atoms with Crippen LogP contribution in [-0.4, -0.2) is 5.84 Å². The van der Waals surface area contributed by atoms with E-state index in [1.165, 1.54) is 63.4 Å². The first-order valence-electron chi connectivity index (χ1n) is 8.65. The van der Waals surface area contributed by atoms with Gasteiger partial charge in [-0.2, -0.15) is 0 Å². The molecule has 2 nitrogen and oxygen atoms in total. The summed E-state index contributed by atoms with van der Waals surface area (Å²) < 4.78 is 0. The average molecular weight is 286 g/mol. The maximum Gasteiger partial charge on any atom is 0.122 e. The van der Waals surface area contributed by atoms with Crippen molar-refractivity contribution in [1.29, 1.82) is 5.41 Å². The molecule has 0 radical (unpaired) electrons. The molecule has 0 spiro atoms. The third-order valence-electron chi connectivity index (χ3n) is 5.01. The number of rotatable bonds is 7. The van der Waals surface area contributed by atoms with Gasteiger partial charge in [-0.05, 0) is 43.1 Å². The Bertz CT molecular complexity index is 427. The second-order valence-electron chi connectivity index (χ2n) is 6.60. The van der Waals surface area contributed by atoms with Crippen molar-refractivity contribution in [2.75, 3.05) is 0 Å². The lowest BCUT2D eigenvalue weighted by Crippen LogP contribution is -2.14. The standard InChI is InChI=1S/C19H30N2/c1-2-3-4-5-6-15-7-9-16(10-8-15)17-11-13-18(14-12-17)19(20)21/h11-16H,2-10H2,1H3,(H3,20,21). The largest absolute Gasteiger partial charge is 0.384 e. The van der Waals surface area contributed by atoms with Crippen LogP contribution in [0.4, 0.5) is 0 Å². The Hall–Kier alpha value is -1.31. The molecule has 2 rings (SSSR count). The van der Waals surface area contributed by atoms with Gasteiger partial charge in [0.1, 0.15) is 5.84 Å². The van der Waals surface area contributed by atoms with Crippen molar-refractivity contribution in [3.63, 3.8) is 0 Å². The van der Waals surface area contributed by atoms with Crippen LogP contribution >= 0.6 is 0 Å². The molecule has 1 aromatic carbocycles. The Morgan fingerprint density at radius 1 is 1.05 bits per heavy atom. The van der Waals surface area contributed by atoms with Gasteiger partial charge in [0.05, 0.1) is 0 Å². The van der Waals surface area contributed by atoms with E-state index in [1.807, 2.05) is 12.1 Å². The summed E-state index contributed by atoms with van der Waals surface area (Å²) in [7, 11) is 0. The average Bonchev–Trinajstić information content (AvgIpc) is 2.52.